The Kier molecular flexibility index (Phi) is 11.7. The van der Waals surface area contributed by atoms with Gasteiger partial charge in [-0.05, 0) is 95.5 Å². The van der Waals surface area contributed by atoms with Crippen LogP contribution in [0.25, 0.3) is 0 Å². The number of aliphatic hydroxyl groups excluding tert-OH is 2. The lowest BCUT2D eigenvalue weighted by Gasteiger charge is -2.65. The van der Waals surface area contributed by atoms with Crippen molar-refractivity contribution in [2.24, 2.45) is 28.6 Å². The maximum Gasteiger partial charge on any atom is 0.331 e. The molecule has 3 aliphatic carbocycles. The molecule has 6 heterocycles. The van der Waals surface area contributed by atoms with E-state index < -0.39 is 66.5 Å². The predicted molar refractivity (Wildman–Crippen MR) is 207 cm³/mol. The average molecular weight is 820 g/mol. The van der Waals surface area contributed by atoms with Crippen LogP contribution in [0.5, 0.6) is 0 Å². The van der Waals surface area contributed by atoms with Crippen molar-refractivity contribution in [1.82, 2.24) is 4.90 Å². The molecule has 14 nitrogen and oxygen atoms in total. The highest BCUT2D eigenvalue weighted by molar-refractivity contribution is 5.85. The van der Waals surface area contributed by atoms with Crippen molar-refractivity contribution in [2.75, 3.05) is 32.9 Å². The molecule has 0 aromatic rings. The van der Waals surface area contributed by atoms with Crippen molar-refractivity contribution in [3.63, 3.8) is 0 Å². The van der Waals surface area contributed by atoms with Crippen LogP contribution in [-0.4, -0.2) is 151 Å². The molecule has 0 spiro atoms. The molecule has 5 saturated heterocycles. The van der Waals surface area contributed by atoms with Crippen LogP contribution in [0.4, 0.5) is 0 Å². The molecule has 3 saturated carbocycles. The lowest BCUT2D eigenvalue weighted by molar-refractivity contribution is -0.331. The SMILES string of the molecule is CC1CN(C2COC2)CCC(O[C@@H]2[C@H](C)O[C@@H](O[C@@H]3[C@H](C)O[C@@H](O[C@H]4CC[C@@]5(C)C(CCC6C5O[C@@H](C)[C@]5(C)[C@@H](C7=CC(=O)OC7)CC[C@]65O)C4)C[C@@H]3O)C[C@@H]2O)O1. The maximum atomic E-state index is 12.7. The molecule has 5 unspecified atom stereocenters. The standard InChI is InChI=1S/C44H69NO13/c1-23-19-45(29-21-50-22-29)14-11-36(52-23)57-39-24(2)54-38(18-34(39)47)58-40-25(3)53-37(17-33(40)46)56-30-9-12-42(5)28(16-30)7-8-32-41(42)55-26(4)43(6)31(10-13-44(32,43)49)27-15-35(48)51-20-27/h15,23-26,28-34,36-41,46-47,49H,7-14,16-22H2,1-6H3/t23?,24-,25-,26-,28?,30-,31+,32?,33-,34-,36?,37-,38-,39+,40+,41?,42-,43+,44-/m0/s1. The number of rotatable bonds is 8. The number of ether oxygens (including phenoxy) is 9. The molecule has 3 N–H and O–H groups in total. The summed E-state index contributed by atoms with van der Waals surface area (Å²) < 4.78 is 55.9. The van der Waals surface area contributed by atoms with Gasteiger partial charge >= 0.3 is 5.97 Å². The van der Waals surface area contributed by atoms with Crippen LogP contribution in [0.2, 0.25) is 0 Å². The Morgan fingerprint density at radius 1 is 0.793 bits per heavy atom. The highest BCUT2D eigenvalue weighted by Gasteiger charge is 2.71. The van der Waals surface area contributed by atoms with Crippen molar-refractivity contribution in [3.8, 4) is 0 Å². The molecule has 6 aliphatic heterocycles. The van der Waals surface area contributed by atoms with E-state index in [4.69, 9.17) is 42.6 Å². The number of nitrogens with zero attached hydrogens (tertiary/aromatic N) is 1. The van der Waals surface area contributed by atoms with Crippen LogP contribution in [0.3, 0.4) is 0 Å². The number of fused-ring (bicyclic) bond motifs is 5. The fourth-order valence-electron chi connectivity index (χ4n) is 13.1. The zero-order valence-corrected chi connectivity index (χ0v) is 35.4. The normalized spacial score (nSPS) is 52.8. The molecule has 0 aromatic carbocycles. The van der Waals surface area contributed by atoms with Gasteiger partial charge in [0.25, 0.3) is 0 Å². The molecule has 58 heavy (non-hydrogen) atoms. The first-order chi connectivity index (χ1) is 27.7. The summed E-state index contributed by atoms with van der Waals surface area (Å²) in [5.74, 6) is 0.168. The van der Waals surface area contributed by atoms with Crippen LogP contribution in [0, 0.1) is 28.6 Å². The van der Waals surface area contributed by atoms with Gasteiger partial charge in [0.15, 0.2) is 18.9 Å². The highest BCUT2D eigenvalue weighted by Crippen LogP contribution is 2.68. The summed E-state index contributed by atoms with van der Waals surface area (Å²) in [6, 6.07) is 0.431. The third kappa shape index (κ3) is 7.34. The van der Waals surface area contributed by atoms with Crippen molar-refractivity contribution in [2.45, 2.75) is 197 Å². The van der Waals surface area contributed by atoms with Gasteiger partial charge in [0.1, 0.15) is 18.8 Å². The summed E-state index contributed by atoms with van der Waals surface area (Å²) in [4.78, 5) is 14.4. The van der Waals surface area contributed by atoms with Gasteiger partial charge in [0.05, 0.1) is 73.7 Å². The van der Waals surface area contributed by atoms with Crippen molar-refractivity contribution >= 4 is 5.97 Å². The van der Waals surface area contributed by atoms with Gasteiger partial charge in [-0.1, -0.05) is 13.8 Å². The second-order valence-corrected chi connectivity index (χ2v) is 19.9. The molecule has 19 atom stereocenters. The van der Waals surface area contributed by atoms with E-state index in [2.05, 4.69) is 32.6 Å². The minimum absolute atomic E-state index is 0.00384. The summed E-state index contributed by atoms with van der Waals surface area (Å²) in [5.41, 5.74) is -0.477. The van der Waals surface area contributed by atoms with Gasteiger partial charge in [-0.15, -0.1) is 0 Å². The first-order valence-corrected chi connectivity index (χ1v) is 22.5. The van der Waals surface area contributed by atoms with Crippen LogP contribution in [0.1, 0.15) is 106 Å². The molecular formula is C44H69NO13. The number of hydrogen-bond acceptors (Lipinski definition) is 14. The monoisotopic (exact) mass is 819 g/mol. The van der Waals surface area contributed by atoms with Crippen LogP contribution in [0.15, 0.2) is 11.6 Å². The molecule has 9 aliphatic rings. The lowest BCUT2D eigenvalue weighted by Crippen LogP contribution is -2.69. The van der Waals surface area contributed by atoms with E-state index in [1.54, 1.807) is 6.08 Å². The van der Waals surface area contributed by atoms with E-state index in [-0.39, 0.29) is 60.5 Å². The smallest absolute Gasteiger partial charge is 0.331 e. The second kappa shape index (κ2) is 16.1. The van der Waals surface area contributed by atoms with Gasteiger partial charge in [-0.2, -0.15) is 0 Å². The van der Waals surface area contributed by atoms with E-state index in [1.807, 2.05) is 13.8 Å². The first-order valence-electron chi connectivity index (χ1n) is 22.5. The fraction of sp³-hybridized carbons (Fsp3) is 0.932. The summed E-state index contributed by atoms with van der Waals surface area (Å²) >= 11 is 0. The summed E-state index contributed by atoms with van der Waals surface area (Å²) in [7, 11) is 0. The van der Waals surface area contributed by atoms with Crippen molar-refractivity contribution in [1.29, 1.82) is 0 Å². The van der Waals surface area contributed by atoms with Crippen LogP contribution >= 0.6 is 0 Å². The third-order valence-electron chi connectivity index (χ3n) is 16.6. The van der Waals surface area contributed by atoms with Crippen molar-refractivity contribution in [3.05, 3.63) is 11.6 Å². The summed E-state index contributed by atoms with van der Waals surface area (Å²) in [6.07, 6.45) is 3.10. The van der Waals surface area contributed by atoms with Crippen molar-refractivity contribution < 1.29 is 62.7 Å². The van der Waals surface area contributed by atoms with E-state index in [1.165, 1.54) is 0 Å². The molecule has 8 fully saturated rings. The fourth-order valence-corrected chi connectivity index (χ4v) is 13.1. The third-order valence-corrected chi connectivity index (χ3v) is 16.6. The number of cyclic esters (lactones) is 1. The van der Waals surface area contributed by atoms with Gasteiger partial charge in [0, 0.05) is 49.8 Å². The molecule has 328 valence electrons. The minimum atomic E-state index is -0.876. The first kappa shape index (κ1) is 42.1. The highest BCUT2D eigenvalue weighted by atomic mass is 16.7. The predicted octanol–water partition coefficient (Wildman–Crippen LogP) is 3.60. The zero-order valence-electron chi connectivity index (χ0n) is 35.4. The van der Waals surface area contributed by atoms with E-state index in [0.29, 0.717) is 31.4 Å². The number of aliphatic hydroxyl groups is 3. The molecule has 0 bridgehead atoms. The summed E-state index contributed by atoms with van der Waals surface area (Å²) in [6.45, 7) is 16.0. The van der Waals surface area contributed by atoms with Gasteiger partial charge in [-0.3, -0.25) is 4.90 Å². The Balaban J connectivity index is 0.760. The Labute approximate surface area is 343 Å². The Morgan fingerprint density at radius 3 is 2.12 bits per heavy atom. The van der Waals surface area contributed by atoms with Crippen LogP contribution in [-0.2, 0) is 47.4 Å². The zero-order chi connectivity index (χ0) is 40.7. The second-order valence-electron chi connectivity index (χ2n) is 19.9. The molecule has 14 heteroatoms. The van der Waals surface area contributed by atoms with E-state index in [0.717, 1.165) is 70.4 Å². The Bertz CT molecular complexity index is 1510. The topological polar surface area (TPSA) is 164 Å². The van der Waals surface area contributed by atoms with Gasteiger partial charge in [-0.25, -0.2) is 4.79 Å². The number of hydrogen-bond donors (Lipinski definition) is 3. The average Bonchev–Trinajstić information content (AvgIpc) is 3.63. The molecule has 9 rings (SSSR count). The lowest BCUT2D eigenvalue weighted by atomic mass is 9.48. The van der Waals surface area contributed by atoms with Crippen LogP contribution < -0.4 is 0 Å². The number of carbonyl (C=O) groups is 1. The number of carbonyl (C=O) groups excluding carboxylic acids is 1. The molecule has 0 amide bonds. The number of esters is 1. The molecular weight excluding hydrogens is 750 g/mol. The Morgan fingerprint density at radius 2 is 1.48 bits per heavy atom. The minimum Gasteiger partial charge on any atom is -0.458 e. The van der Waals surface area contributed by atoms with E-state index in [9.17, 15) is 20.1 Å². The summed E-state index contributed by atoms with van der Waals surface area (Å²) in [5, 5.41) is 35.3. The van der Waals surface area contributed by atoms with E-state index >= 15 is 0 Å². The maximum absolute atomic E-state index is 12.7. The molecule has 0 radical (unpaired) electrons. The largest absolute Gasteiger partial charge is 0.458 e. The quantitative estimate of drug-likeness (QED) is 0.241. The van der Waals surface area contributed by atoms with Gasteiger partial charge in [0.2, 0.25) is 0 Å². The molecule has 0 aromatic heterocycles. The Hall–Kier alpha value is -1.27. The van der Waals surface area contributed by atoms with Gasteiger partial charge < -0.3 is 58.0 Å².